The van der Waals surface area contributed by atoms with Gasteiger partial charge in [0.15, 0.2) is 11.6 Å². The average Bonchev–Trinajstić information content (AvgIpc) is 2.25. The van der Waals surface area contributed by atoms with Gasteiger partial charge in [-0.2, -0.15) is 0 Å². The number of carboxylic acid groups (broad SMARTS) is 1. The lowest BCUT2D eigenvalue weighted by Gasteiger charge is -2.15. The van der Waals surface area contributed by atoms with Gasteiger partial charge in [0.1, 0.15) is 0 Å². The van der Waals surface area contributed by atoms with Crippen LogP contribution in [0.5, 0.6) is 5.75 Å². The zero-order valence-corrected chi connectivity index (χ0v) is 10.2. The summed E-state index contributed by atoms with van der Waals surface area (Å²) in [5.41, 5.74) is 0.476. The molecule has 3 nitrogen and oxygen atoms in total. The summed E-state index contributed by atoms with van der Waals surface area (Å²) in [7, 11) is 1.38. The fraction of sp³-hybridized carbons (Fsp3) is 0.462. The molecule has 1 rings (SSSR count). The monoisotopic (exact) mass is 240 g/mol. The molecular weight excluding hydrogens is 223 g/mol. The number of ether oxygens (including phenoxy) is 1. The molecule has 0 saturated heterocycles. The Kier molecular flexibility index (Phi) is 4.49. The first-order valence-corrected chi connectivity index (χ1v) is 5.52. The molecule has 1 N–H and O–H groups in total. The van der Waals surface area contributed by atoms with Crippen molar-refractivity contribution in [1.29, 1.82) is 0 Å². The Morgan fingerprint density at radius 2 is 2.12 bits per heavy atom. The van der Waals surface area contributed by atoms with Crippen molar-refractivity contribution in [3.63, 3.8) is 0 Å². The van der Waals surface area contributed by atoms with Crippen LogP contribution >= 0.6 is 0 Å². The molecule has 0 fully saturated rings. The molecule has 0 aliphatic heterocycles. The second-order valence-electron chi connectivity index (χ2n) is 4.41. The highest BCUT2D eigenvalue weighted by Gasteiger charge is 2.22. The van der Waals surface area contributed by atoms with Gasteiger partial charge in [0.05, 0.1) is 13.0 Å². The second-order valence-corrected chi connectivity index (χ2v) is 4.41. The summed E-state index contributed by atoms with van der Waals surface area (Å²) in [6.45, 7) is 3.88. The van der Waals surface area contributed by atoms with Crippen molar-refractivity contribution in [2.75, 3.05) is 7.11 Å². The standard InChI is InChI=1S/C13H17FO3/c1-8(2)6-10(13(15)16)9-4-5-12(17-3)11(14)7-9/h4-5,7-8,10H,6H2,1-3H3,(H,15,16). The Bertz CT molecular complexity index is 402. The van der Waals surface area contributed by atoms with Crippen LogP contribution in [0.15, 0.2) is 18.2 Å². The molecule has 1 atom stereocenters. The van der Waals surface area contributed by atoms with E-state index in [9.17, 15) is 9.18 Å². The Balaban J connectivity index is 3.02. The third-order valence-corrected chi connectivity index (χ3v) is 2.58. The summed E-state index contributed by atoms with van der Waals surface area (Å²) in [5.74, 6) is -1.76. The van der Waals surface area contributed by atoms with Gasteiger partial charge in [-0.25, -0.2) is 4.39 Å². The van der Waals surface area contributed by atoms with Crippen molar-refractivity contribution in [1.82, 2.24) is 0 Å². The first kappa shape index (κ1) is 13.5. The SMILES string of the molecule is COc1ccc(C(CC(C)C)C(=O)O)cc1F. The summed E-state index contributed by atoms with van der Waals surface area (Å²) >= 11 is 0. The van der Waals surface area contributed by atoms with Crippen LogP contribution in [0.2, 0.25) is 0 Å². The molecule has 0 amide bonds. The van der Waals surface area contributed by atoms with Crippen molar-refractivity contribution >= 4 is 5.97 Å². The second kappa shape index (κ2) is 5.66. The quantitative estimate of drug-likeness (QED) is 0.860. The molecule has 4 heteroatoms. The van der Waals surface area contributed by atoms with E-state index in [0.29, 0.717) is 12.0 Å². The molecular formula is C13H17FO3. The molecule has 0 saturated carbocycles. The number of halogens is 1. The zero-order valence-electron chi connectivity index (χ0n) is 10.2. The zero-order chi connectivity index (χ0) is 13.0. The van der Waals surface area contributed by atoms with Crippen molar-refractivity contribution in [2.45, 2.75) is 26.2 Å². The van der Waals surface area contributed by atoms with Crippen LogP contribution in [0, 0.1) is 11.7 Å². The highest BCUT2D eigenvalue weighted by atomic mass is 19.1. The summed E-state index contributed by atoms with van der Waals surface area (Å²) in [5, 5.41) is 9.14. The Labute approximate surface area is 100 Å². The van der Waals surface area contributed by atoms with Gasteiger partial charge in [-0.1, -0.05) is 19.9 Å². The number of benzene rings is 1. The van der Waals surface area contributed by atoms with Crippen molar-refractivity contribution in [2.24, 2.45) is 5.92 Å². The lowest BCUT2D eigenvalue weighted by Crippen LogP contribution is -2.14. The number of aliphatic carboxylic acids is 1. The minimum Gasteiger partial charge on any atom is -0.494 e. The minimum absolute atomic E-state index is 0.127. The Morgan fingerprint density at radius 1 is 1.47 bits per heavy atom. The average molecular weight is 240 g/mol. The number of hydrogen-bond donors (Lipinski definition) is 1. The van der Waals surface area contributed by atoms with Crippen LogP contribution in [0.1, 0.15) is 31.7 Å². The molecule has 1 aromatic carbocycles. The first-order chi connectivity index (χ1) is 7.95. The van der Waals surface area contributed by atoms with Crippen molar-refractivity contribution < 1.29 is 19.0 Å². The van der Waals surface area contributed by atoms with Gasteiger partial charge in [-0.3, -0.25) is 4.79 Å². The van der Waals surface area contributed by atoms with E-state index in [1.165, 1.54) is 19.2 Å². The summed E-state index contributed by atoms with van der Waals surface area (Å²) in [6, 6.07) is 4.30. The Morgan fingerprint density at radius 3 is 2.53 bits per heavy atom. The van der Waals surface area contributed by atoms with Crippen LogP contribution in [0.3, 0.4) is 0 Å². The van der Waals surface area contributed by atoms with E-state index in [-0.39, 0.29) is 11.7 Å². The molecule has 94 valence electrons. The predicted octanol–water partition coefficient (Wildman–Crippen LogP) is 3.05. The van der Waals surface area contributed by atoms with Gasteiger partial charge in [0.25, 0.3) is 0 Å². The van der Waals surface area contributed by atoms with E-state index < -0.39 is 17.7 Å². The van der Waals surface area contributed by atoms with Gasteiger partial charge >= 0.3 is 5.97 Å². The molecule has 0 radical (unpaired) electrons. The van der Waals surface area contributed by atoms with E-state index in [2.05, 4.69) is 0 Å². The normalized spacial score (nSPS) is 12.5. The molecule has 17 heavy (non-hydrogen) atoms. The molecule has 0 spiro atoms. The van der Waals surface area contributed by atoms with E-state index in [1.807, 2.05) is 13.8 Å². The largest absolute Gasteiger partial charge is 0.494 e. The molecule has 0 aliphatic rings. The highest BCUT2D eigenvalue weighted by Crippen LogP contribution is 2.27. The maximum atomic E-state index is 13.5. The molecule has 0 heterocycles. The van der Waals surface area contributed by atoms with Crippen LogP contribution in [0.4, 0.5) is 4.39 Å². The topological polar surface area (TPSA) is 46.5 Å². The fourth-order valence-corrected chi connectivity index (χ4v) is 1.75. The lowest BCUT2D eigenvalue weighted by molar-refractivity contribution is -0.139. The highest BCUT2D eigenvalue weighted by molar-refractivity contribution is 5.76. The van der Waals surface area contributed by atoms with E-state index in [4.69, 9.17) is 9.84 Å². The van der Waals surface area contributed by atoms with Gasteiger partial charge in [0.2, 0.25) is 0 Å². The third kappa shape index (κ3) is 3.44. The molecule has 1 unspecified atom stereocenters. The number of hydrogen-bond acceptors (Lipinski definition) is 2. The molecule has 0 bridgehead atoms. The van der Waals surface area contributed by atoms with Crippen LogP contribution in [0.25, 0.3) is 0 Å². The minimum atomic E-state index is -0.928. The predicted molar refractivity (Wildman–Crippen MR) is 62.8 cm³/mol. The van der Waals surface area contributed by atoms with Gasteiger partial charge in [-0.15, -0.1) is 0 Å². The van der Waals surface area contributed by atoms with E-state index in [1.54, 1.807) is 6.07 Å². The molecule has 0 aliphatic carbocycles. The van der Waals surface area contributed by atoms with Gasteiger partial charge < -0.3 is 9.84 Å². The summed E-state index contributed by atoms with van der Waals surface area (Å²) in [6.07, 6.45) is 0.487. The third-order valence-electron chi connectivity index (χ3n) is 2.58. The first-order valence-electron chi connectivity index (χ1n) is 5.52. The van der Waals surface area contributed by atoms with Gasteiger partial charge in [0, 0.05) is 0 Å². The van der Waals surface area contributed by atoms with Crippen LogP contribution < -0.4 is 4.74 Å². The number of carboxylic acids is 1. The lowest BCUT2D eigenvalue weighted by atomic mass is 9.90. The summed E-state index contributed by atoms with van der Waals surface area (Å²) in [4.78, 5) is 11.1. The van der Waals surface area contributed by atoms with Gasteiger partial charge in [-0.05, 0) is 30.0 Å². The Hall–Kier alpha value is -1.58. The van der Waals surface area contributed by atoms with Crippen LogP contribution in [-0.4, -0.2) is 18.2 Å². The summed E-state index contributed by atoms with van der Waals surface area (Å²) < 4.78 is 18.3. The maximum absolute atomic E-state index is 13.5. The number of methoxy groups -OCH3 is 1. The smallest absolute Gasteiger partial charge is 0.310 e. The number of rotatable bonds is 5. The van der Waals surface area contributed by atoms with Crippen molar-refractivity contribution in [3.8, 4) is 5.75 Å². The van der Waals surface area contributed by atoms with E-state index >= 15 is 0 Å². The van der Waals surface area contributed by atoms with Crippen LogP contribution in [-0.2, 0) is 4.79 Å². The number of carbonyl (C=O) groups is 1. The molecule has 1 aromatic rings. The molecule has 0 aromatic heterocycles. The van der Waals surface area contributed by atoms with Crippen molar-refractivity contribution in [3.05, 3.63) is 29.6 Å². The van der Waals surface area contributed by atoms with E-state index in [0.717, 1.165) is 0 Å². The maximum Gasteiger partial charge on any atom is 0.310 e. The fourth-order valence-electron chi connectivity index (χ4n) is 1.75.